The smallest absolute Gasteiger partial charge is 0.163 e. The SMILES string of the molecule is CCC(=O)c1cc(N)ccc1-c1ccc(N)cc1. The number of carbonyl (C=O) groups excluding carboxylic acids is 1. The molecule has 0 fully saturated rings. The zero-order valence-electron chi connectivity index (χ0n) is 10.3. The molecule has 0 spiro atoms. The highest BCUT2D eigenvalue weighted by Gasteiger charge is 2.11. The molecule has 18 heavy (non-hydrogen) atoms. The molecular formula is C15H16N2O. The van der Waals surface area contributed by atoms with Crippen LogP contribution in [0.2, 0.25) is 0 Å². The van der Waals surface area contributed by atoms with Crippen LogP contribution in [0.1, 0.15) is 23.7 Å². The van der Waals surface area contributed by atoms with Gasteiger partial charge in [0.2, 0.25) is 0 Å². The highest BCUT2D eigenvalue weighted by Crippen LogP contribution is 2.27. The van der Waals surface area contributed by atoms with E-state index < -0.39 is 0 Å². The second-order valence-electron chi connectivity index (χ2n) is 4.20. The first-order valence-electron chi connectivity index (χ1n) is 5.90. The van der Waals surface area contributed by atoms with Gasteiger partial charge in [0.15, 0.2) is 5.78 Å². The van der Waals surface area contributed by atoms with Gasteiger partial charge in [0.1, 0.15) is 0 Å². The largest absolute Gasteiger partial charge is 0.399 e. The molecule has 0 bridgehead atoms. The van der Waals surface area contributed by atoms with Gasteiger partial charge < -0.3 is 11.5 Å². The van der Waals surface area contributed by atoms with E-state index in [0.29, 0.717) is 23.4 Å². The molecule has 0 radical (unpaired) electrons. The summed E-state index contributed by atoms with van der Waals surface area (Å²) in [6.45, 7) is 1.85. The number of hydrogen-bond acceptors (Lipinski definition) is 3. The van der Waals surface area contributed by atoms with Gasteiger partial charge in [-0.2, -0.15) is 0 Å². The van der Waals surface area contributed by atoms with E-state index in [0.717, 1.165) is 11.1 Å². The summed E-state index contributed by atoms with van der Waals surface area (Å²) in [5.41, 5.74) is 15.3. The van der Waals surface area contributed by atoms with E-state index in [9.17, 15) is 4.79 Å². The summed E-state index contributed by atoms with van der Waals surface area (Å²) in [7, 11) is 0. The molecule has 0 aliphatic rings. The van der Waals surface area contributed by atoms with Gasteiger partial charge in [0.05, 0.1) is 0 Å². The summed E-state index contributed by atoms with van der Waals surface area (Å²) in [6.07, 6.45) is 0.464. The van der Waals surface area contributed by atoms with Crippen molar-refractivity contribution in [3.05, 3.63) is 48.0 Å². The molecule has 2 aromatic rings. The molecule has 0 atom stereocenters. The standard InChI is InChI=1S/C15H16N2O/c1-2-15(18)14-9-12(17)7-8-13(14)10-3-5-11(16)6-4-10/h3-9H,2,16-17H2,1H3. The molecular weight excluding hydrogens is 224 g/mol. The van der Waals surface area contributed by atoms with Crippen molar-refractivity contribution in [3.8, 4) is 11.1 Å². The molecule has 92 valence electrons. The second kappa shape index (κ2) is 4.92. The minimum Gasteiger partial charge on any atom is -0.399 e. The van der Waals surface area contributed by atoms with E-state index in [4.69, 9.17) is 11.5 Å². The fourth-order valence-corrected chi connectivity index (χ4v) is 1.90. The zero-order valence-corrected chi connectivity index (χ0v) is 10.3. The predicted octanol–water partition coefficient (Wildman–Crippen LogP) is 3.11. The lowest BCUT2D eigenvalue weighted by molar-refractivity contribution is 0.0989. The lowest BCUT2D eigenvalue weighted by Gasteiger charge is -2.09. The minimum atomic E-state index is 0.0918. The Balaban J connectivity index is 2.56. The van der Waals surface area contributed by atoms with Crippen molar-refractivity contribution in [2.45, 2.75) is 13.3 Å². The molecule has 0 unspecified atom stereocenters. The first-order valence-corrected chi connectivity index (χ1v) is 5.90. The highest BCUT2D eigenvalue weighted by atomic mass is 16.1. The van der Waals surface area contributed by atoms with E-state index in [1.54, 1.807) is 12.1 Å². The molecule has 2 rings (SSSR count). The fraction of sp³-hybridized carbons (Fsp3) is 0.133. The third kappa shape index (κ3) is 2.35. The summed E-state index contributed by atoms with van der Waals surface area (Å²) < 4.78 is 0. The first-order chi connectivity index (χ1) is 8.61. The molecule has 0 saturated heterocycles. The fourth-order valence-electron chi connectivity index (χ4n) is 1.90. The number of benzene rings is 2. The van der Waals surface area contributed by atoms with Crippen LogP contribution in [-0.2, 0) is 0 Å². The number of Topliss-reactive ketones (excluding diaryl/α,β-unsaturated/α-hetero) is 1. The van der Waals surface area contributed by atoms with Crippen LogP contribution in [0, 0.1) is 0 Å². The Morgan fingerprint density at radius 3 is 2.22 bits per heavy atom. The predicted molar refractivity (Wildman–Crippen MR) is 75.3 cm³/mol. The maximum absolute atomic E-state index is 11.9. The number of nitrogen functional groups attached to an aromatic ring is 2. The van der Waals surface area contributed by atoms with Gasteiger partial charge in [0.25, 0.3) is 0 Å². The van der Waals surface area contributed by atoms with Gasteiger partial charge in [-0.15, -0.1) is 0 Å². The maximum Gasteiger partial charge on any atom is 0.163 e. The number of rotatable bonds is 3. The van der Waals surface area contributed by atoms with Crippen LogP contribution in [-0.4, -0.2) is 5.78 Å². The van der Waals surface area contributed by atoms with E-state index in [1.165, 1.54) is 0 Å². The van der Waals surface area contributed by atoms with E-state index in [2.05, 4.69) is 0 Å². The first kappa shape index (κ1) is 12.2. The van der Waals surface area contributed by atoms with Gasteiger partial charge >= 0.3 is 0 Å². The molecule has 0 aliphatic heterocycles. The number of anilines is 2. The van der Waals surface area contributed by atoms with Gasteiger partial charge in [0, 0.05) is 23.4 Å². The van der Waals surface area contributed by atoms with E-state index >= 15 is 0 Å². The Labute approximate surface area is 106 Å². The Morgan fingerprint density at radius 1 is 1.00 bits per heavy atom. The quantitative estimate of drug-likeness (QED) is 0.639. The number of ketones is 1. The average Bonchev–Trinajstić information content (AvgIpc) is 2.39. The van der Waals surface area contributed by atoms with Gasteiger partial charge in [-0.3, -0.25) is 4.79 Å². The van der Waals surface area contributed by atoms with Crippen molar-refractivity contribution in [2.24, 2.45) is 0 Å². The van der Waals surface area contributed by atoms with Crippen molar-refractivity contribution >= 4 is 17.2 Å². The van der Waals surface area contributed by atoms with Crippen molar-refractivity contribution in [3.63, 3.8) is 0 Å². The van der Waals surface area contributed by atoms with Crippen molar-refractivity contribution < 1.29 is 4.79 Å². The molecule has 0 saturated carbocycles. The highest BCUT2D eigenvalue weighted by molar-refractivity contribution is 6.03. The maximum atomic E-state index is 11.9. The van der Waals surface area contributed by atoms with Gasteiger partial charge in [-0.25, -0.2) is 0 Å². The lowest BCUT2D eigenvalue weighted by atomic mass is 9.95. The molecule has 0 aliphatic carbocycles. The molecule has 3 heteroatoms. The zero-order chi connectivity index (χ0) is 13.1. The summed E-state index contributed by atoms with van der Waals surface area (Å²) in [4.78, 5) is 11.9. The number of carbonyl (C=O) groups is 1. The van der Waals surface area contributed by atoms with Crippen LogP contribution in [0.15, 0.2) is 42.5 Å². The van der Waals surface area contributed by atoms with Crippen LogP contribution in [0.5, 0.6) is 0 Å². The summed E-state index contributed by atoms with van der Waals surface area (Å²) in [5, 5.41) is 0. The Bertz CT molecular complexity index is 574. The number of nitrogens with two attached hydrogens (primary N) is 2. The third-order valence-corrected chi connectivity index (χ3v) is 2.89. The van der Waals surface area contributed by atoms with Crippen LogP contribution >= 0.6 is 0 Å². The summed E-state index contributed by atoms with van der Waals surface area (Å²) >= 11 is 0. The van der Waals surface area contributed by atoms with Crippen LogP contribution < -0.4 is 11.5 Å². The third-order valence-electron chi connectivity index (χ3n) is 2.89. The lowest BCUT2D eigenvalue weighted by Crippen LogP contribution is -2.01. The molecule has 0 aromatic heterocycles. The van der Waals surface area contributed by atoms with Crippen molar-refractivity contribution in [1.29, 1.82) is 0 Å². The van der Waals surface area contributed by atoms with Crippen LogP contribution in [0.4, 0.5) is 11.4 Å². The molecule has 2 aromatic carbocycles. The van der Waals surface area contributed by atoms with E-state index in [1.807, 2.05) is 37.3 Å². The molecule has 0 amide bonds. The topological polar surface area (TPSA) is 69.1 Å². The van der Waals surface area contributed by atoms with Crippen molar-refractivity contribution in [2.75, 3.05) is 11.5 Å². The van der Waals surface area contributed by atoms with Gasteiger partial charge in [-0.1, -0.05) is 25.1 Å². The summed E-state index contributed by atoms with van der Waals surface area (Å²) in [6, 6.07) is 12.9. The second-order valence-corrected chi connectivity index (χ2v) is 4.20. The molecule has 3 nitrogen and oxygen atoms in total. The normalized spacial score (nSPS) is 10.3. The Morgan fingerprint density at radius 2 is 1.61 bits per heavy atom. The summed E-state index contributed by atoms with van der Waals surface area (Å²) in [5.74, 6) is 0.0918. The van der Waals surface area contributed by atoms with Crippen LogP contribution in [0.3, 0.4) is 0 Å². The minimum absolute atomic E-state index is 0.0918. The van der Waals surface area contributed by atoms with Gasteiger partial charge in [-0.05, 0) is 35.4 Å². The molecule has 4 N–H and O–H groups in total. The molecule has 0 heterocycles. The Hall–Kier alpha value is -2.29. The van der Waals surface area contributed by atoms with Crippen LogP contribution in [0.25, 0.3) is 11.1 Å². The van der Waals surface area contributed by atoms with E-state index in [-0.39, 0.29) is 5.78 Å². The van der Waals surface area contributed by atoms with Crippen molar-refractivity contribution in [1.82, 2.24) is 0 Å². The average molecular weight is 240 g/mol. The Kier molecular flexibility index (Phi) is 3.33. The monoisotopic (exact) mass is 240 g/mol. The number of hydrogen-bond donors (Lipinski definition) is 2.